The molecule has 0 bridgehead atoms. The summed E-state index contributed by atoms with van der Waals surface area (Å²) >= 11 is 0. The number of aryl methyl sites for hydroxylation is 1. The van der Waals surface area contributed by atoms with E-state index in [1.54, 1.807) is 19.1 Å². The maximum absolute atomic E-state index is 13.2. The lowest BCUT2D eigenvalue weighted by atomic mass is 10.1. The molecule has 1 saturated heterocycles. The van der Waals surface area contributed by atoms with Crippen LogP contribution >= 0.6 is 0 Å². The average Bonchev–Trinajstić information content (AvgIpc) is 2.91. The number of rotatable bonds is 3. The zero-order valence-corrected chi connectivity index (χ0v) is 12.1. The van der Waals surface area contributed by atoms with Crippen LogP contribution in [0, 0.1) is 18.7 Å². The van der Waals surface area contributed by atoms with E-state index in [0.29, 0.717) is 18.5 Å². The quantitative estimate of drug-likeness (QED) is 0.898. The molecule has 0 spiro atoms. The van der Waals surface area contributed by atoms with Crippen LogP contribution in [-0.2, 0) is 4.79 Å². The van der Waals surface area contributed by atoms with Crippen LogP contribution < -0.4 is 5.32 Å². The normalized spacial score (nSPS) is 19.4. The summed E-state index contributed by atoms with van der Waals surface area (Å²) in [5, 5.41) is 11.8. The Morgan fingerprint density at radius 3 is 2.76 bits per heavy atom. The van der Waals surface area contributed by atoms with E-state index in [0.717, 1.165) is 5.56 Å². The second-order valence-corrected chi connectivity index (χ2v) is 5.45. The van der Waals surface area contributed by atoms with E-state index in [2.05, 4.69) is 5.32 Å². The number of halogens is 1. The molecule has 0 radical (unpaired) electrons. The zero-order valence-electron chi connectivity index (χ0n) is 12.1. The molecule has 0 aromatic heterocycles. The third kappa shape index (κ3) is 3.51. The highest BCUT2D eigenvalue weighted by atomic mass is 19.1. The highest BCUT2D eigenvalue weighted by molar-refractivity contribution is 5.77. The SMILES string of the molecule is Cc1cc(C(C)NC(=O)N2CCC(C(=O)O)C2)ccc1F. The van der Waals surface area contributed by atoms with Crippen molar-refractivity contribution in [3.05, 3.63) is 35.1 Å². The van der Waals surface area contributed by atoms with Crippen LogP contribution in [0.1, 0.15) is 30.5 Å². The first-order valence-corrected chi connectivity index (χ1v) is 6.92. The van der Waals surface area contributed by atoms with Gasteiger partial charge in [-0.2, -0.15) is 0 Å². The third-order valence-electron chi connectivity index (χ3n) is 3.85. The first-order chi connectivity index (χ1) is 9.88. The van der Waals surface area contributed by atoms with E-state index in [9.17, 15) is 14.0 Å². The van der Waals surface area contributed by atoms with Crippen molar-refractivity contribution in [2.24, 2.45) is 5.92 Å². The number of aliphatic carboxylic acids is 1. The van der Waals surface area contributed by atoms with Crippen LogP contribution in [0.5, 0.6) is 0 Å². The summed E-state index contributed by atoms with van der Waals surface area (Å²) in [5.41, 5.74) is 1.34. The Bertz CT molecular complexity index is 562. The molecular formula is C15H19FN2O3. The minimum absolute atomic E-state index is 0.232. The average molecular weight is 294 g/mol. The van der Waals surface area contributed by atoms with Crippen molar-refractivity contribution in [1.29, 1.82) is 0 Å². The molecule has 1 aromatic rings. The first-order valence-electron chi connectivity index (χ1n) is 6.92. The Balaban J connectivity index is 1.96. The van der Waals surface area contributed by atoms with E-state index >= 15 is 0 Å². The molecule has 0 aliphatic carbocycles. The fourth-order valence-corrected chi connectivity index (χ4v) is 2.44. The number of amides is 2. The van der Waals surface area contributed by atoms with Crippen LogP contribution in [-0.4, -0.2) is 35.1 Å². The molecule has 2 amide bonds. The lowest BCUT2D eigenvalue weighted by molar-refractivity contribution is -0.141. The topological polar surface area (TPSA) is 69.6 Å². The number of hydrogen-bond acceptors (Lipinski definition) is 2. The molecule has 2 unspecified atom stereocenters. The number of carboxylic acid groups (broad SMARTS) is 1. The van der Waals surface area contributed by atoms with E-state index in [-0.39, 0.29) is 24.4 Å². The van der Waals surface area contributed by atoms with Crippen molar-refractivity contribution in [3.63, 3.8) is 0 Å². The number of urea groups is 1. The molecule has 2 atom stereocenters. The number of hydrogen-bond donors (Lipinski definition) is 2. The summed E-state index contributed by atoms with van der Waals surface area (Å²) in [5.74, 6) is -1.63. The Morgan fingerprint density at radius 2 is 2.19 bits per heavy atom. The van der Waals surface area contributed by atoms with Crippen LogP contribution in [0.2, 0.25) is 0 Å². The van der Waals surface area contributed by atoms with Gasteiger partial charge in [-0.1, -0.05) is 12.1 Å². The summed E-state index contributed by atoms with van der Waals surface area (Å²) in [7, 11) is 0. The summed E-state index contributed by atoms with van der Waals surface area (Å²) in [6.45, 7) is 4.16. The van der Waals surface area contributed by atoms with Crippen LogP contribution in [0.15, 0.2) is 18.2 Å². The highest BCUT2D eigenvalue weighted by Crippen LogP contribution is 2.19. The molecule has 2 rings (SSSR count). The molecule has 114 valence electrons. The number of carbonyl (C=O) groups excluding carboxylic acids is 1. The zero-order chi connectivity index (χ0) is 15.6. The Hall–Kier alpha value is -2.11. The van der Waals surface area contributed by atoms with Crippen molar-refractivity contribution < 1.29 is 19.1 Å². The van der Waals surface area contributed by atoms with Gasteiger partial charge in [0.05, 0.1) is 12.0 Å². The van der Waals surface area contributed by atoms with Gasteiger partial charge in [-0.3, -0.25) is 4.79 Å². The van der Waals surface area contributed by atoms with E-state index in [4.69, 9.17) is 5.11 Å². The largest absolute Gasteiger partial charge is 0.481 e. The van der Waals surface area contributed by atoms with Crippen molar-refractivity contribution in [1.82, 2.24) is 10.2 Å². The number of benzene rings is 1. The highest BCUT2D eigenvalue weighted by Gasteiger charge is 2.31. The summed E-state index contributed by atoms with van der Waals surface area (Å²) in [6.07, 6.45) is 0.479. The van der Waals surface area contributed by atoms with Gasteiger partial charge in [0.15, 0.2) is 0 Å². The number of likely N-dealkylation sites (tertiary alicyclic amines) is 1. The van der Waals surface area contributed by atoms with Crippen LogP contribution in [0.4, 0.5) is 9.18 Å². The lowest BCUT2D eigenvalue weighted by Gasteiger charge is -2.21. The fraction of sp³-hybridized carbons (Fsp3) is 0.467. The molecule has 1 aliphatic rings. The van der Waals surface area contributed by atoms with Crippen LogP contribution in [0.3, 0.4) is 0 Å². The van der Waals surface area contributed by atoms with Gasteiger partial charge in [0, 0.05) is 13.1 Å². The van der Waals surface area contributed by atoms with Crippen molar-refractivity contribution in [3.8, 4) is 0 Å². The molecule has 1 fully saturated rings. The lowest BCUT2D eigenvalue weighted by Crippen LogP contribution is -2.40. The van der Waals surface area contributed by atoms with E-state index < -0.39 is 11.9 Å². The summed E-state index contributed by atoms with van der Waals surface area (Å²) < 4.78 is 13.2. The molecule has 1 aromatic carbocycles. The minimum Gasteiger partial charge on any atom is -0.481 e. The molecule has 5 nitrogen and oxygen atoms in total. The monoisotopic (exact) mass is 294 g/mol. The molecular weight excluding hydrogens is 275 g/mol. The maximum atomic E-state index is 13.2. The van der Waals surface area contributed by atoms with Gasteiger partial charge >= 0.3 is 12.0 Å². The first kappa shape index (κ1) is 15.3. The second-order valence-electron chi connectivity index (χ2n) is 5.45. The Morgan fingerprint density at radius 1 is 1.48 bits per heavy atom. The minimum atomic E-state index is -0.868. The van der Waals surface area contributed by atoms with Gasteiger partial charge in [-0.05, 0) is 37.5 Å². The van der Waals surface area contributed by atoms with Crippen molar-refractivity contribution >= 4 is 12.0 Å². The summed E-state index contributed by atoms with van der Waals surface area (Å²) in [4.78, 5) is 24.5. The van der Waals surface area contributed by atoms with Gasteiger partial charge in [-0.25, -0.2) is 9.18 Å². The maximum Gasteiger partial charge on any atom is 0.317 e. The van der Waals surface area contributed by atoms with E-state index in [1.165, 1.54) is 11.0 Å². The molecule has 1 aliphatic heterocycles. The number of nitrogens with zero attached hydrogens (tertiary/aromatic N) is 1. The summed E-state index contributed by atoms with van der Waals surface area (Å²) in [6, 6.07) is 4.17. The molecule has 1 heterocycles. The van der Waals surface area contributed by atoms with Gasteiger partial charge < -0.3 is 15.3 Å². The molecule has 2 N–H and O–H groups in total. The number of carboxylic acids is 1. The molecule has 21 heavy (non-hydrogen) atoms. The molecule has 0 saturated carbocycles. The second kappa shape index (κ2) is 6.11. The number of nitrogens with one attached hydrogen (secondary N) is 1. The smallest absolute Gasteiger partial charge is 0.317 e. The third-order valence-corrected chi connectivity index (χ3v) is 3.85. The predicted octanol–water partition coefficient (Wildman–Crippen LogP) is 2.31. The van der Waals surface area contributed by atoms with Gasteiger partial charge in [0.1, 0.15) is 5.82 Å². The Labute approximate surface area is 122 Å². The molecule has 6 heteroatoms. The van der Waals surface area contributed by atoms with Crippen LogP contribution in [0.25, 0.3) is 0 Å². The predicted molar refractivity (Wildman–Crippen MR) is 75.4 cm³/mol. The Kier molecular flexibility index (Phi) is 4.45. The standard InChI is InChI=1S/C15H19FN2O3/c1-9-7-11(3-4-13(9)16)10(2)17-15(21)18-6-5-12(8-18)14(19)20/h3-4,7,10,12H,5-6,8H2,1-2H3,(H,17,21)(H,19,20). The van der Waals surface area contributed by atoms with Gasteiger partial charge in [0.25, 0.3) is 0 Å². The van der Waals surface area contributed by atoms with Crippen molar-refractivity contribution in [2.45, 2.75) is 26.3 Å². The van der Waals surface area contributed by atoms with E-state index in [1.807, 2.05) is 6.92 Å². The van der Waals surface area contributed by atoms with Gasteiger partial charge in [-0.15, -0.1) is 0 Å². The fourth-order valence-electron chi connectivity index (χ4n) is 2.44. The van der Waals surface area contributed by atoms with Crippen molar-refractivity contribution in [2.75, 3.05) is 13.1 Å². The number of carbonyl (C=O) groups is 2. The van der Waals surface area contributed by atoms with Gasteiger partial charge in [0.2, 0.25) is 0 Å².